The van der Waals surface area contributed by atoms with Gasteiger partial charge in [0, 0.05) is 23.0 Å². The van der Waals surface area contributed by atoms with Crippen LogP contribution in [-0.2, 0) is 0 Å². The zero-order valence-corrected chi connectivity index (χ0v) is 13.2. The Morgan fingerprint density at radius 1 is 0.958 bits per heavy atom. The Kier molecular flexibility index (Phi) is 3.39. The minimum atomic E-state index is 0.718. The SMILES string of the molecule is COc1ccc(-c2cnc3cnc(-c4cccc(N)c4)cn23)cc1. The summed E-state index contributed by atoms with van der Waals surface area (Å²) in [5, 5.41) is 0. The van der Waals surface area contributed by atoms with Gasteiger partial charge in [-0.3, -0.25) is 9.38 Å². The molecule has 2 N–H and O–H groups in total. The summed E-state index contributed by atoms with van der Waals surface area (Å²) in [6.07, 6.45) is 5.60. The Labute approximate surface area is 139 Å². The molecule has 0 aliphatic heterocycles. The van der Waals surface area contributed by atoms with Crippen molar-refractivity contribution < 1.29 is 4.74 Å². The second-order valence-corrected chi connectivity index (χ2v) is 5.50. The van der Waals surface area contributed by atoms with Crippen molar-refractivity contribution in [2.24, 2.45) is 0 Å². The van der Waals surface area contributed by atoms with E-state index in [-0.39, 0.29) is 0 Å². The Balaban J connectivity index is 1.83. The maximum Gasteiger partial charge on any atom is 0.155 e. The van der Waals surface area contributed by atoms with Gasteiger partial charge in [0.1, 0.15) is 5.75 Å². The van der Waals surface area contributed by atoms with Crippen LogP contribution in [0.4, 0.5) is 5.69 Å². The molecule has 2 aromatic heterocycles. The molecule has 24 heavy (non-hydrogen) atoms. The summed E-state index contributed by atoms with van der Waals surface area (Å²) in [5.74, 6) is 0.828. The first-order valence-electron chi connectivity index (χ1n) is 7.58. The normalized spacial score (nSPS) is 10.9. The van der Waals surface area contributed by atoms with Gasteiger partial charge in [0.2, 0.25) is 0 Å². The lowest BCUT2D eigenvalue weighted by molar-refractivity contribution is 0.415. The van der Waals surface area contributed by atoms with Gasteiger partial charge in [0.05, 0.1) is 30.9 Å². The van der Waals surface area contributed by atoms with Crippen LogP contribution in [0.25, 0.3) is 28.2 Å². The molecule has 0 bridgehead atoms. The molecular formula is C19H16N4O. The molecule has 118 valence electrons. The van der Waals surface area contributed by atoms with E-state index < -0.39 is 0 Å². The number of nitrogens with zero attached hydrogens (tertiary/aromatic N) is 3. The van der Waals surface area contributed by atoms with Crippen LogP contribution in [0.3, 0.4) is 0 Å². The Bertz CT molecular complexity index is 1010. The highest BCUT2D eigenvalue weighted by molar-refractivity contribution is 5.68. The van der Waals surface area contributed by atoms with Crippen molar-refractivity contribution in [2.75, 3.05) is 12.8 Å². The average Bonchev–Trinajstić information content (AvgIpc) is 3.05. The van der Waals surface area contributed by atoms with E-state index >= 15 is 0 Å². The molecule has 0 aliphatic carbocycles. The number of aromatic nitrogens is 3. The number of methoxy groups -OCH3 is 1. The minimum Gasteiger partial charge on any atom is -0.497 e. The molecule has 4 aromatic rings. The second kappa shape index (κ2) is 5.70. The van der Waals surface area contributed by atoms with Crippen molar-refractivity contribution in [3.63, 3.8) is 0 Å². The van der Waals surface area contributed by atoms with Crippen molar-refractivity contribution >= 4 is 11.3 Å². The molecule has 0 fully saturated rings. The van der Waals surface area contributed by atoms with Crippen LogP contribution < -0.4 is 10.5 Å². The van der Waals surface area contributed by atoms with Gasteiger partial charge >= 0.3 is 0 Å². The monoisotopic (exact) mass is 316 g/mol. The van der Waals surface area contributed by atoms with Gasteiger partial charge in [-0.15, -0.1) is 0 Å². The van der Waals surface area contributed by atoms with E-state index in [1.807, 2.05) is 65.3 Å². The Morgan fingerprint density at radius 3 is 2.54 bits per heavy atom. The molecule has 5 heteroatoms. The van der Waals surface area contributed by atoms with Crippen LogP contribution in [0.5, 0.6) is 5.75 Å². The number of ether oxygens (including phenoxy) is 1. The van der Waals surface area contributed by atoms with Crippen molar-refractivity contribution in [1.82, 2.24) is 14.4 Å². The highest BCUT2D eigenvalue weighted by Gasteiger charge is 2.09. The van der Waals surface area contributed by atoms with E-state index in [4.69, 9.17) is 10.5 Å². The highest BCUT2D eigenvalue weighted by atomic mass is 16.5. The van der Waals surface area contributed by atoms with Crippen LogP contribution in [0.15, 0.2) is 67.1 Å². The maximum absolute atomic E-state index is 5.88. The number of nitrogens with two attached hydrogens (primary N) is 1. The van der Waals surface area contributed by atoms with Crippen molar-refractivity contribution in [2.45, 2.75) is 0 Å². The number of anilines is 1. The standard InChI is InChI=1S/C19H16N4O/c1-24-16-7-5-13(6-8-16)18-10-22-19-11-21-17(12-23(18)19)14-3-2-4-15(20)9-14/h2-12H,20H2,1H3. The third kappa shape index (κ3) is 2.46. The average molecular weight is 316 g/mol. The molecule has 0 aliphatic rings. The van der Waals surface area contributed by atoms with Crippen LogP contribution in [-0.4, -0.2) is 21.5 Å². The minimum absolute atomic E-state index is 0.718. The fraction of sp³-hybridized carbons (Fsp3) is 0.0526. The first-order chi connectivity index (χ1) is 11.7. The Morgan fingerprint density at radius 2 is 1.79 bits per heavy atom. The molecule has 2 aromatic carbocycles. The second-order valence-electron chi connectivity index (χ2n) is 5.50. The number of benzene rings is 2. The lowest BCUT2D eigenvalue weighted by atomic mass is 10.1. The van der Waals surface area contributed by atoms with Crippen LogP contribution in [0, 0.1) is 0 Å². The summed E-state index contributed by atoms with van der Waals surface area (Å²) in [7, 11) is 1.66. The zero-order chi connectivity index (χ0) is 16.5. The van der Waals surface area contributed by atoms with Gasteiger partial charge < -0.3 is 10.5 Å². The van der Waals surface area contributed by atoms with Gasteiger partial charge in [-0.1, -0.05) is 12.1 Å². The van der Waals surface area contributed by atoms with Gasteiger partial charge in [0.25, 0.3) is 0 Å². The molecular weight excluding hydrogens is 300 g/mol. The number of hydrogen-bond donors (Lipinski definition) is 1. The fourth-order valence-electron chi connectivity index (χ4n) is 2.71. The van der Waals surface area contributed by atoms with Crippen molar-refractivity contribution in [1.29, 1.82) is 0 Å². The topological polar surface area (TPSA) is 65.4 Å². The van der Waals surface area contributed by atoms with Crippen molar-refractivity contribution in [3.8, 4) is 28.3 Å². The van der Waals surface area contributed by atoms with E-state index in [1.54, 1.807) is 13.3 Å². The van der Waals surface area contributed by atoms with E-state index in [0.717, 1.165) is 39.6 Å². The number of hydrogen-bond acceptors (Lipinski definition) is 4. The summed E-state index contributed by atoms with van der Waals surface area (Å²) >= 11 is 0. The molecule has 0 amide bonds. The largest absolute Gasteiger partial charge is 0.497 e. The Hall–Kier alpha value is -3.34. The summed E-state index contributed by atoms with van der Waals surface area (Å²) in [4.78, 5) is 8.93. The third-order valence-electron chi connectivity index (χ3n) is 3.96. The van der Waals surface area contributed by atoms with Crippen LogP contribution in [0.1, 0.15) is 0 Å². The summed E-state index contributed by atoms with van der Waals surface area (Å²) in [5.41, 5.74) is 11.3. The molecule has 0 atom stereocenters. The predicted octanol–water partition coefficient (Wildman–Crippen LogP) is 3.65. The van der Waals surface area contributed by atoms with Gasteiger partial charge in [-0.05, 0) is 36.4 Å². The van der Waals surface area contributed by atoms with E-state index in [1.165, 1.54) is 0 Å². The molecule has 2 heterocycles. The lowest BCUT2D eigenvalue weighted by Crippen LogP contribution is -1.94. The van der Waals surface area contributed by atoms with Gasteiger partial charge in [0.15, 0.2) is 5.65 Å². The molecule has 0 spiro atoms. The molecule has 0 unspecified atom stereocenters. The van der Waals surface area contributed by atoms with E-state index in [9.17, 15) is 0 Å². The van der Waals surface area contributed by atoms with E-state index in [0.29, 0.717) is 0 Å². The highest BCUT2D eigenvalue weighted by Crippen LogP contribution is 2.25. The molecule has 0 saturated carbocycles. The molecule has 4 rings (SSSR count). The zero-order valence-electron chi connectivity index (χ0n) is 13.2. The smallest absolute Gasteiger partial charge is 0.155 e. The van der Waals surface area contributed by atoms with E-state index in [2.05, 4.69) is 9.97 Å². The number of fused-ring (bicyclic) bond motifs is 1. The van der Waals surface area contributed by atoms with Gasteiger partial charge in [-0.25, -0.2) is 4.98 Å². The summed E-state index contributed by atoms with van der Waals surface area (Å²) in [6.45, 7) is 0. The van der Waals surface area contributed by atoms with Gasteiger partial charge in [-0.2, -0.15) is 0 Å². The van der Waals surface area contributed by atoms with Crippen LogP contribution in [0.2, 0.25) is 0 Å². The molecule has 0 saturated heterocycles. The maximum atomic E-state index is 5.88. The lowest BCUT2D eigenvalue weighted by Gasteiger charge is -2.06. The summed E-state index contributed by atoms with van der Waals surface area (Å²) in [6, 6.07) is 15.6. The molecule has 5 nitrogen and oxygen atoms in total. The fourth-order valence-corrected chi connectivity index (χ4v) is 2.71. The number of nitrogen functional groups attached to an aromatic ring is 1. The molecule has 0 radical (unpaired) electrons. The quantitative estimate of drug-likeness (QED) is 0.586. The number of imidazole rings is 1. The third-order valence-corrected chi connectivity index (χ3v) is 3.96. The first-order valence-corrected chi connectivity index (χ1v) is 7.58. The summed E-state index contributed by atoms with van der Waals surface area (Å²) < 4.78 is 7.25. The van der Waals surface area contributed by atoms with Crippen molar-refractivity contribution in [3.05, 3.63) is 67.1 Å². The first kappa shape index (κ1) is 14.3. The number of rotatable bonds is 3. The predicted molar refractivity (Wildman–Crippen MR) is 94.8 cm³/mol. The van der Waals surface area contributed by atoms with Crippen LogP contribution >= 0.6 is 0 Å².